The van der Waals surface area contributed by atoms with Gasteiger partial charge in [-0.2, -0.15) is 0 Å². The van der Waals surface area contributed by atoms with E-state index in [0.717, 1.165) is 0 Å². The second kappa shape index (κ2) is 7.06. The van der Waals surface area contributed by atoms with Crippen molar-refractivity contribution < 1.29 is 19.1 Å². The number of hydrogen-bond donors (Lipinski definition) is 3. The number of rotatable bonds is 6. The van der Waals surface area contributed by atoms with Crippen molar-refractivity contribution in [3.8, 4) is 0 Å². The lowest BCUT2D eigenvalue weighted by atomic mass is 10.1. The van der Waals surface area contributed by atoms with Crippen molar-refractivity contribution in [3.05, 3.63) is 24.2 Å². The van der Waals surface area contributed by atoms with Crippen LogP contribution in [0.2, 0.25) is 0 Å². The van der Waals surface area contributed by atoms with E-state index in [9.17, 15) is 14.7 Å². The zero-order chi connectivity index (χ0) is 15.2. The van der Waals surface area contributed by atoms with Gasteiger partial charge in [0.25, 0.3) is 0 Å². The second-order valence-corrected chi connectivity index (χ2v) is 5.29. The summed E-state index contributed by atoms with van der Waals surface area (Å²) >= 11 is 0. The fourth-order valence-corrected chi connectivity index (χ4v) is 1.75. The molecule has 1 aromatic heterocycles. The third kappa shape index (κ3) is 6.91. The molecular weight excluding hydrogens is 262 g/mol. The molecule has 112 valence electrons. The summed E-state index contributed by atoms with van der Waals surface area (Å²) in [6.45, 7) is 3.87. The third-order valence-electron chi connectivity index (χ3n) is 2.33. The van der Waals surface area contributed by atoms with Crippen molar-refractivity contribution in [2.45, 2.75) is 26.0 Å². The number of nitrogens with zero attached hydrogens (tertiary/aromatic N) is 1. The van der Waals surface area contributed by atoms with E-state index < -0.39 is 17.5 Å². The van der Waals surface area contributed by atoms with E-state index >= 15 is 0 Å². The topological polar surface area (TPSA) is 94.8 Å². The van der Waals surface area contributed by atoms with E-state index in [2.05, 4.69) is 10.6 Å². The van der Waals surface area contributed by atoms with Gasteiger partial charge < -0.3 is 14.8 Å². The summed E-state index contributed by atoms with van der Waals surface area (Å²) in [6, 6.07) is 2.85. The number of furan rings is 1. The molecule has 0 radical (unpaired) electrons. The van der Waals surface area contributed by atoms with Gasteiger partial charge in [-0.1, -0.05) is 0 Å². The van der Waals surface area contributed by atoms with Gasteiger partial charge in [-0.05, 0) is 33.0 Å². The van der Waals surface area contributed by atoms with Gasteiger partial charge in [0.15, 0.2) is 0 Å². The maximum Gasteiger partial charge on any atom is 0.321 e. The van der Waals surface area contributed by atoms with Gasteiger partial charge >= 0.3 is 6.03 Å². The standard InChI is InChI=1S/C13H21N3O4/c1-13(2,19)9-16(3)8-11(17)15-12(18)14-7-10-5-4-6-20-10/h4-6,19H,7-9H2,1-3H3,(H2,14,15,17,18). The molecule has 3 N–H and O–H groups in total. The number of imide groups is 1. The highest BCUT2D eigenvalue weighted by molar-refractivity contribution is 5.95. The molecule has 3 amide bonds. The van der Waals surface area contributed by atoms with Crippen molar-refractivity contribution in [2.24, 2.45) is 0 Å². The fraction of sp³-hybridized carbons (Fsp3) is 0.538. The molecule has 7 heteroatoms. The SMILES string of the molecule is CN(CC(=O)NC(=O)NCc1ccco1)CC(C)(C)O. The molecule has 0 bridgehead atoms. The van der Waals surface area contributed by atoms with Crippen LogP contribution in [0, 0.1) is 0 Å². The Balaban J connectivity index is 2.25. The number of likely N-dealkylation sites (N-methyl/N-ethyl adjacent to an activating group) is 1. The number of hydrogen-bond acceptors (Lipinski definition) is 5. The second-order valence-electron chi connectivity index (χ2n) is 5.29. The lowest BCUT2D eigenvalue weighted by molar-refractivity contribution is -0.121. The number of urea groups is 1. The Morgan fingerprint density at radius 1 is 1.45 bits per heavy atom. The van der Waals surface area contributed by atoms with Crippen LogP contribution in [0.15, 0.2) is 22.8 Å². The molecule has 0 aliphatic carbocycles. The first-order valence-corrected chi connectivity index (χ1v) is 6.27. The Labute approximate surface area is 117 Å². The Kier molecular flexibility index (Phi) is 5.72. The first-order valence-electron chi connectivity index (χ1n) is 6.27. The van der Waals surface area contributed by atoms with Crippen LogP contribution < -0.4 is 10.6 Å². The maximum absolute atomic E-state index is 11.6. The summed E-state index contributed by atoms with van der Waals surface area (Å²) in [5.74, 6) is 0.167. The van der Waals surface area contributed by atoms with Crippen LogP contribution in [-0.4, -0.2) is 47.7 Å². The van der Waals surface area contributed by atoms with Gasteiger partial charge in [-0.3, -0.25) is 15.0 Å². The fourth-order valence-electron chi connectivity index (χ4n) is 1.75. The molecule has 7 nitrogen and oxygen atoms in total. The average molecular weight is 283 g/mol. The predicted molar refractivity (Wildman–Crippen MR) is 72.9 cm³/mol. The largest absolute Gasteiger partial charge is 0.467 e. The monoisotopic (exact) mass is 283 g/mol. The van der Waals surface area contributed by atoms with E-state index in [1.165, 1.54) is 6.26 Å². The van der Waals surface area contributed by atoms with E-state index in [0.29, 0.717) is 12.3 Å². The smallest absolute Gasteiger partial charge is 0.321 e. The summed E-state index contributed by atoms with van der Waals surface area (Å²) in [5.41, 5.74) is -0.892. The van der Waals surface area contributed by atoms with Gasteiger partial charge in [0.05, 0.1) is 25.0 Å². The lowest BCUT2D eigenvalue weighted by Gasteiger charge is -2.24. The van der Waals surface area contributed by atoms with Gasteiger partial charge in [-0.25, -0.2) is 4.79 Å². The minimum atomic E-state index is -0.892. The summed E-state index contributed by atoms with van der Waals surface area (Å²) < 4.78 is 5.04. The molecule has 0 spiro atoms. The van der Waals surface area contributed by atoms with Crippen LogP contribution >= 0.6 is 0 Å². The van der Waals surface area contributed by atoms with Crippen LogP contribution in [-0.2, 0) is 11.3 Å². The zero-order valence-electron chi connectivity index (χ0n) is 12.0. The number of amides is 3. The van der Waals surface area contributed by atoms with Crippen molar-refractivity contribution in [3.63, 3.8) is 0 Å². The highest BCUT2D eigenvalue weighted by Gasteiger charge is 2.18. The van der Waals surface area contributed by atoms with Crippen LogP contribution in [0.1, 0.15) is 19.6 Å². The number of aliphatic hydroxyl groups is 1. The average Bonchev–Trinajstić information content (AvgIpc) is 2.75. The van der Waals surface area contributed by atoms with Gasteiger partial charge in [-0.15, -0.1) is 0 Å². The van der Waals surface area contributed by atoms with E-state index in [4.69, 9.17) is 4.42 Å². The molecule has 0 atom stereocenters. The minimum Gasteiger partial charge on any atom is -0.467 e. The van der Waals surface area contributed by atoms with Crippen LogP contribution in [0.5, 0.6) is 0 Å². The Bertz CT molecular complexity index is 437. The highest BCUT2D eigenvalue weighted by atomic mass is 16.3. The van der Waals surface area contributed by atoms with Crippen LogP contribution in [0.3, 0.4) is 0 Å². The summed E-state index contributed by atoms with van der Waals surface area (Å²) in [4.78, 5) is 24.7. The molecule has 0 aliphatic heterocycles. The molecule has 0 fully saturated rings. The first-order chi connectivity index (χ1) is 9.26. The molecule has 1 aromatic rings. The normalized spacial score (nSPS) is 11.4. The van der Waals surface area contributed by atoms with Gasteiger partial charge in [0, 0.05) is 6.54 Å². The third-order valence-corrected chi connectivity index (χ3v) is 2.33. The summed E-state index contributed by atoms with van der Waals surface area (Å²) in [5, 5.41) is 14.3. The van der Waals surface area contributed by atoms with Crippen molar-refractivity contribution in [1.29, 1.82) is 0 Å². The van der Waals surface area contributed by atoms with Crippen LogP contribution in [0.25, 0.3) is 0 Å². The van der Waals surface area contributed by atoms with Gasteiger partial charge in [0.2, 0.25) is 5.91 Å². The van der Waals surface area contributed by atoms with E-state index in [1.807, 2.05) is 0 Å². The molecule has 0 aliphatic rings. The quantitative estimate of drug-likeness (QED) is 0.698. The molecule has 1 heterocycles. The first kappa shape index (κ1) is 16.2. The number of nitrogens with one attached hydrogen (secondary N) is 2. The van der Waals surface area contributed by atoms with Crippen LogP contribution in [0.4, 0.5) is 4.79 Å². The summed E-state index contributed by atoms with van der Waals surface area (Å²) in [7, 11) is 1.69. The minimum absolute atomic E-state index is 0.0260. The molecular formula is C13H21N3O4. The molecule has 20 heavy (non-hydrogen) atoms. The molecule has 1 rings (SSSR count). The Morgan fingerprint density at radius 2 is 2.15 bits per heavy atom. The maximum atomic E-state index is 11.6. The van der Waals surface area contributed by atoms with E-state index in [1.54, 1.807) is 37.9 Å². The number of carbonyl (C=O) groups is 2. The number of carbonyl (C=O) groups excluding carboxylic acids is 2. The van der Waals surface area contributed by atoms with Crippen molar-refractivity contribution in [2.75, 3.05) is 20.1 Å². The Morgan fingerprint density at radius 3 is 2.70 bits per heavy atom. The van der Waals surface area contributed by atoms with Crippen molar-refractivity contribution >= 4 is 11.9 Å². The molecule has 0 unspecified atom stereocenters. The zero-order valence-corrected chi connectivity index (χ0v) is 12.0. The lowest BCUT2D eigenvalue weighted by Crippen LogP contribution is -2.46. The molecule has 0 saturated carbocycles. The Hall–Kier alpha value is -1.86. The van der Waals surface area contributed by atoms with E-state index in [-0.39, 0.29) is 13.1 Å². The highest BCUT2D eigenvalue weighted by Crippen LogP contribution is 2.02. The van der Waals surface area contributed by atoms with Gasteiger partial charge in [0.1, 0.15) is 5.76 Å². The summed E-state index contributed by atoms with van der Waals surface area (Å²) in [6.07, 6.45) is 1.51. The molecule has 0 aromatic carbocycles. The van der Waals surface area contributed by atoms with Crippen molar-refractivity contribution in [1.82, 2.24) is 15.5 Å². The molecule has 0 saturated heterocycles. The predicted octanol–water partition coefficient (Wildman–Crippen LogP) is 0.308.